The quantitative estimate of drug-likeness (QED) is 0.762. The fraction of sp³-hybridized carbons (Fsp3) is 0.467. The van der Waals surface area contributed by atoms with Crippen molar-refractivity contribution < 1.29 is 9.59 Å². The average molecular weight is 243 g/mol. The number of aryl methyl sites for hydroxylation is 1. The van der Waals surface area contributed by atoms with Crippen LogP contribution in [0.2, 0.25) is 0 Å². The van der Waals surface area contributed by atoms with Gasteiger partial charge in [-0.1, -0.05) is 25.8 Å². The van der Waals surface area contributed by atoms with Gasteiger partial charge in [0.05, 0.1) is 11.3 Å². The molecular formula is C15H17NO2. The third-order valence-corrected chi connectivity index (χ3v) is 3.90. The van der Waals surface area contributed by atoms with Crippen molar-refractivity contribution in [2.45, 2.75) is 32.6 Å². The molecule has 1 aromatic carbocycles. The Labute approximate surface area is 107 Å². The number of rotatable bonds is 4. The molecule has 1 aliphatic heterocycles. The van der Waals surface area contributed by atoms with Crippen LogP contribution in [-0.4, -0.2) is 18.2 Å². The van der Waals surface area contributed by atoms with Gasteiger partial charge in [-0.25, -0.2) is 0 Å². The number of carbonyl (C=O) groups is 2. The Morgan fingerprint density at radius 2 is 2.06 bits per heavy atom. The van der Waals surface area contributed by atoms with Crippen molar-refractivity contribution in [1.82, 2.24) is 0 Å². The number of amides is 1. The molecule has 0 spiro atoms. The standard InChI is InChI=1S/C15H17NO2/c1-2-10-5-6-13-12(9-10)14(17)15(18)16(13)8-7-11-3-4-11/h5-6,9,11H,2-4,7-8H2,1H3. The SMILES string of the molecule is CCc1ccc2c(c1)C(=O)C(=O)N2CCC1CC1. The molecule has 0 N–H and O–H groups in total. The minimum Gasteiger partial charge on any atom is -0.305 e. The molecule has 0 aromatic heterocycles. The molecule has 0 radical (unpaired) electrons. The maximum Gasteiger partial charge on any atom is 0.299 e. The van der Waals surface area contributed by atoms with Crippen LogP contribution in [-0.2, 0) is 11.2 Å². The highest BCUT2D eigenvalue weighted by molar-refractivity contribution is 6.52. The van der Waals surface area contributed by atoms with Crippen molar-refractivity contribution in [3.05, 3.63) is 29.3 Å². The van der Waals surface area contributed by atoms with Crippen LogP contribution in [0.15, 0.2) is 18.2 Å². The van der Waals surface area contributed by atoms with E-state index >= 15 is 0 Å². The first-order valence-corrected chi connectivity index (χ1v) is 6.70. The molecule has 0 unspecified atom stereocenters. The number of hydrogen-bond acceptors (Lipinski definition) is 2. The second-order valence-electron chi connectivity index (χ2n) is 5.22. The Morgan fingerprint density at radius 1 is 1.28 bits per heavy atom. The molecule has 1 aliphatic carbocycles. The van der Waals surface area contributed by atoms with Gasteiger partial charge < -0.3 is 4.90 Å². The third kappa shape index (κ3) is 1.84. The Bertz CT molecular complexity index is 517. The minimum absolute atomic E-state index is 0.337. The summed E-state index contributed by atoms with van der Waals surface area (Å²) in [6.07, 6.45) is 4.46. The predicted octanol–water partition coefficient (Wildman–Crippen LogP) is 2.58. The summed E-state index contributed by atoms with van der Waals surface area (Å²) >= 11 is 0. The smallest absolute Gasteiger partial charge is 0.299 e. The van der Waals surface area contributed by atoms with Gasteiger partial charge in [0.2, 0.25) is 0 Å². The maximum absolute atomic E-state index is 12.0. The molecule has 1 aromatic rings. The van der Waals surface area contributed by atoms with Crippen LogP contribution < -0.4 is 4.90 Å². The molecule has 3 heteroatoms. The van der Waals surface area contributed by atoms with Crippen molar-refractivity contribution in [2.75, 3.05) is 11.4 Å². The third-order valence-electron chi connectivity index (χ3n) is 3.90. The number of benzene rings is 1. The molecule has 3 rings (SSSR count). The van der Waals surface area contributed by atoms with E-state index in [9.17, 15) is 9.59 Å². The van der Waals surface area contributed by atoms with Crippen LogP contribution in [0.3, 0.4) is 0 Å². The molecule has 2 aliphatic rings. The van der Waals surface area contributed by atoms with E-state index < -0.39 is 0 Å². The van der Waals surface area contributed by atoms with Crippen molar-refractivity contribution in [2.24, 2.45) is 5.92 Å². The molecule has 3 nitrogen and oxygen atoms in total. The molecule has 94 valence electrons. The molecule has 1 heterocycles. The number of ketones is 1. The van der Waals surface area contributed by atoms with Crippen LogP contribution in [0.5, 0.6) is 0 Å². The minimum atomic E-state index is -0.348. The summed E-state index contributed by atoms with van der Waals surface area (Å²) in [6, 6.07) is 5.80. The second kappa shape index (κ2) is 4.23. The van der Waals surface area contributed by atoms with Gasteiger partial charge in [0, 0.05) is 6.54 Å². The Morgan fingerprint density at radius 3 is 2.72 bits per heavy atom. The normalized spacial score (nSPS) is 18.4. The molecular weight excluding hydrogens is 226 g/mol. The van der Waals surface area contributed by atoms with Gasteiger partial charge in [0.25, 0.3) is 11.7 Å². The molecule has 18 heavy (non-hydrogen) atoms. The van der Waals surface area contributed by atoms with E-state index in [1.807, 2.05) is 25.1 Å². The van der Waals surface area contributed by atoms with Gasteiger partial charge >= 0.3 is 0 Å². The molecule has 0 bridgehead atoms. The summed E-state index contributed by atoms with van der Waals surface area (Å²) in [5.74, 6) is 0.0851. The zero-order chi connectivity index (χ0) is 12.7. The lowest BCUT2D eigenvalue weighted by Gasteiger charge is -2.16. The van der Waals surface area contributed by atoms with Crippen LogP contribution >= 0.6 is 0 Å². The zero-order valence-electron chi connectivity index (χ0n) is 10.6. The molecule has 1 saturated carbocycles. The average Bonchev–Trinajstić information content (AvgIpc) is 3.18. The highest BCUT2D eigenvalue weighted by atomic mass is 16.2. The number of anilines is 1. The van der Waals surface area contributed by atoms with E-state index in [1.54, 1.807) is 4.90 Å². The summed E-state index contributed by atoms with van der Waals surface area (Å²) in [4.78, 5) is 25.6. The summed E-state index contributed by atoms with van der Waals surface area (Å²) in [5.41, 5.74) is 2.51. The topological polar surface area (TPSA) is 37.4 Å². The first kappa shape index (κ1) is 11.5. The van der Waals surface area contributed by atoms with Crippen LogP contribution in [0, 0.1) is 5.92 Å². The first-order valence-electron chi connectivity index (χ1n) is 6.70. The van der Waals surface area contributed by atoms with Crippen molar-refractivity contribution in [3.63, 3.8) is 0 Å². The first-order chi connectivity index (χ1) is 8.70. The molecule has 1 fully saturated rings. The fourth-order valence-corrected chi connectivity index (χ4v) is 2.51. The number of nitrogens with zero attached hydrogens (tertiary/aromatic N) is 1. The lowest BCUT2D eigenvalue weighted by Crippen LogP contribution is -2.30. The summed E-state index contributed by atoms with van der Waals surface area (Å²) in [5, 5.41) is 0. The molecule has 1 amide bonds. The summed E-state index contributed by atoms with van der Waals surface area (Å²) in [6.45, 7) is 2.74. The second-order valence-corrected chi connectivity index (χ2v) is 5.22. The lowest BCUT2D eigenvalue weighted by atomic mass is 10.1. The van der Waals surface area contributed by atoms with Gasteiger partial charge in [-0.15, -0.1) is 0 Å². The fourth-order valence-electron chi connectivity index (χ4n) is 2.51. The van der Waals surface area contributed by atoms with E-state index in [0.717, 1.165) is 30.0 Å². The van der Waals surface area contributed by atoms with E-state index in [4.69, 9.17) is 0 Å². The summed E-state index contributed by atoms with van der Waals surface area (Å²) in [7, 11) is 0. The largest absolute Gasteiger partial charge is 0.305 e. The van der Waals surface area contributed by atoms with E-state index in [1.165, 1.54) is 12.8 Å². The number of fused-ring (bicyclic) bond motifs is 1. The monoisotopic (exact) mass is 243 g/mol. The van der Waals surface area contributed by atoms with Gasteiger partial charge in [-0.05, 0) is 36.5 Å². The van der Waals surface area contributed by atoms with E-state index in [2.05, 4.69) is 0 Å². The number of hydrogen-bond donors (Lipinski definition) is 0. The molecule has 0 atom stereocenters. The van der Waals surface area contributed by atoms with Crippen LogP contribution in [0.1, 0.15) is 42.1 Å². The number of Topliss-reactive ketones (excluding diaryl/α,β-unsaturated/α-hetero) is 1. The van der Waals surface area contributed by atoms with Gasteiger partial charge in [-0.3, -0.25) is 9.59 Å². The van der Waals surface area contributed by atoms with Crippen molar-refractivity contribution >= 4 is 17.4 Å². The Hall–Kier alpha value is -1.64. The lowest BCUT2D eigenvalue weighted by molar-refractivity contribution is -0.114. The van der Waals surface area contributed by atoms with Gasteiger partial charge in [0.15, 0.2) is 0 Å². The van der Waals surface area contributed by atoms with E-state index in [-0.39, 0.29) is 11.7 Å². The Kier molecular flexibility index (Phi) is 2.69. The zero-order valence-corrected chi connectivity index (χ0v) is 10.6. The van der Waals surface area contributed by atoms with Crippen molar-refractivity contribution in [3.8, 4) is 0 Å². The highest BCUT2D eigenvalue weighted by Gasteiger charge is 2.36. The molecule has 0 saturated heterocycles. The van der Waals surface area contributed by atoms with Gasteiger partial charge in [0.1, 0.15) is 0 Å². The highest BCUT2D eigenvalue weighted by Crippen LogP contribution is 2.35. The van der Waals surface area contributed by atoms with Crippen molar-refractivity contribution in [1.29, 1.82) is 0 Å². The van der Waals surface area contributed by atoms with E-state index in [0.29, 0.717) is 12.1 Å². The maximum atomic E-state index is 12.0. The predicted molar refractivity (Wildman–Crippen MR) is 69.8 cm³/mol. The van der Waals surface area contributed by atoms with Crippen LogP contribution in [0.4, 0.5) is 5.69 Å². The Balaban J connectivity index is 1.88. The summed E-state index contributed by atoms with van der Waals surface area (Å²) < 4.78 is 0. The number of carbonyl (C=O) groups excluding carboxylic acids is 2. The van der Waals surface area contributed by atoms with Crippen LogP contribution in [0.25, 0.3) is 0 Å². The van der Waals surface area contributed by atoms with Gasteiger partial charge in [-0.2, -0.15) is 0 Å².